The van der Waals surface area contributed by atoms with E-state index >= 15 is 0 Å². The Bertz CT molecular complexity index is 1070. The molecule has 1 N–H and O–H groups in total. The highest BCUT2D eigenvalue weighted by atomic mass is 32.2. The molecule has 5 rings (SSSR count). The lowest BCUT2D eigenvalue weighted by atomic mass is 10.0. The Morgan fingerprint density at radius 1 is 1.18 bits per heavy atom. The van der Waals surface area contributed by atoms with Crippen LogP contribution in [0, 0.1) is 23.7 Å². The highest BCUT2D eigenvalue weighted by molar-refractivity contribution is 7.99. The summed E-state index contributed by atoms with van der Waals surface area (Å²) in [5.41, 5.74) is -0.0179. The fourth-order valence-corrected chi connectivity index (χ4v) is 6.13. The summed E-state index contributed by atoms with van der Waals surface area (Å²) in [6.07, 6.45) is 6.35. The van der Waals surface area contributed by atoms with E-state index in [1.807, 2.05) is 58.8 Å². The smallest absolute Gasteiger partial charge is 0.410 e. The van der Waals surface area contributed by atoms with Crippen molar-refractivity contribution in [3.8, 4) is 0 Å². The molecule has 33 heavy (non-hydrogen) atoms. The molecule has 0 radical (unpaired) electrons. The zero-order chi connectivity index (χ0) is 23.5. The van der Waals surface area contributed by atoms with Crippen LogP contribution in [0.1, 0.15) is 53.3 Å². The van der Waals surface area contributed by atoms with Crippen LogP contribution in [0.3, 0.4) is 0 Å². The van der Waals surface area contributed by atoms with Crippen LogP contribution in [0.25, 0.3) is 5.52 Å². The van der Waals surface area contributed by atoms with Gasteiger partial charge in [-0.2, -0.15) is 0 Å². The van der Waals surface area contributed by atoms with Gasteiger partial charge in [-0.15, -0.1) is 11.8 Å². The van der Waals surface area contributed by atoms with E-state index in [-0.39, 0.29) is 29.8 Å². The van der Waals surface area contributed by atoms with Crippen LogP contribution < -0.4 is 5.32 Å². The van der Waals surface area contributed by atoms with Gasteiger partial charge in [0.2, 0.25) is 5.91 Å². The molecule has 2 saturated carbocycles. The topological polar surface area (TPSA) is 75.9 Å². The first kappa shape index (κ1) is 22.6. The quantitative estimate of drug-likeness (QED) is 0.637. The minimum atomic E-state index is -0.606. The second kappa shape index (κ2) is 7.93. The number of nitrogens with zero attached hydrogens (tertiary/aromatic N) is 3. The molecule has 3 heterocycles. The molecule has 1 unspecified atom stereocenters. The Morgan fingerprint density at radius 3 is 2.52 bits per heavy atom. The second-order valence-electron chi connectivity index (χ2n) is 11.3. The number of thioether (sulfide) groups is 1. The normalized spacial score (nSPS) is 24.6. The number of hydrogen-bond donors (Lipinski definition) is 1. The van der Waals surface area contributed by atoms with Gasteiger partial charge >= 0.3 is 6.09 Å². The number of carbonyl (C=O) groups is 2. The van der Waals surface area contributed by atoms with Gasteiger partial charge < -0.3 is 19.4 Å². The summed E-state index contributed by atoms with van der Waals surface area (Å²) in [7, 11) is 0. The first-order chi connectivity index (χ1) is 15.5. The van der Waals surface area contributed by atoms with E-state index < -0.39 is 11.1 Å². The summed E-state index contributed by atoms with van der Waals surface area (Å²) in [6.45, 7) is 10.8. The average molecular weight is 471 g/mol. The number of pyridine rings is 1. The van der Waals surface area contributed by atoms with Crippen LogP contribution in [0.15, 0.2) is 29.4 Å². The maximum absolute atomic E-state index is 13.1. The van der Waals surface area contributed by atoms with Gasteiger partial charge in [0.1, 0.15) is 11.4 Å². The van der Waals surface area contributed by atoms with E-state index in [0.717, 1.165) is 23.0 Å². The van der Waals surface area contributed by atoms with Crippen molar-refractivity contribution in [1.29, 1.82) is 0 Å². The summed E-state index contributed by atoms with van der Waals surface area (Å²) >= 11 is 1.90. The number of carbonyl (C=O) groups excluding carboxylic acids is 2. The van der Waals surface area contributed by atoms with Crippen LogP contribution in [0.5, 0.6) is 0 Å². The van der Waals surface area contributed by atoms with Gasteiger partial charge in [0, 0.05) is 35.9 Å². The molecule has 7 nitrogen and oxygen atoms in total. The number of amides is 2. The first-order valence-corrected chi connectivity index (χ1v) is 12.9. The molecule has 2 amide bonds. The molecule has 0 bridgehead atoms. The number of nitrogens with one attached hydrogen (secondary N) is 1. The molecule has 2 aromatic rings. The van der Waals surface area contributed by atoms with Gasteiger partial charge in [0.15, 0.2) is 0 Å². The number of piperidine rings is 1. The van der Waals surface area contributed by atoms with E-state index in [4.69, 9.17) is 9.72 Å². The third-order valence-corrected chi connectivity index (χ3v) is 8.14. The minimum Gasteiger partial charge on any atom is -0.444 e. The van der Waals surface area contributed by atoms with Gasteiger partial charge in [-0.05, 0) is 77.3 Å². The van der Waals surface area contributed by atoms with Crippen molar-refractivity contribution in [2.75, 3.05) is 18.8 Å². The summed E-state index contributed by atoms with van der Waals surface area (Å²) < 4.78 is 7.58. The SMILES string of the molecule is CC(C)(C)OC(=O)N1C[C@@H]2C(C(=O)NC(C)(C)c3ncc4c(SCC5CC5)cccn34)[C@@H]2C1. The largest absolute Gasteiger partial charge is 0.444 e. The summed E-state index contributed by atoms with van der Waals surface area (Å²) in [5, 5.41) is 3.24. The Morgan fingerprint density at radius 2 is 1.88 bits per heavy atom. The molecule has 0 spiro atoms. The fraction of sp³-hybridized carbons (Fsp3) is 0.640. The zero-order valence-corrected chi connectivity index (χ0v) is 20.9. The number of aromatic nitrogens is 2. The number of rotatable bonds is 6. The van der Waals surface area contributed by atoms with E-state index in [9.17, 15) is 9.59 Å². The molecule has 178 valence electrons. The molecule has 8 heteroatoms. The molecule has 1 saturated heterocycles. The van der Waals surface area contributed by atoms with E-state index in [0.29, 0.717) is 13.1 Å². The first-order valence-electron chi connectivity index (χ1n) is 11.9. The summed E-state index contributed by atoms with van der Waals surface area (Å²) in [6, 6.07) is 4.21. The summed E-state index contributed by atoms with van der Waals surface area (Å²) in [4.78, 5) is 33.1. The number of likely N-dealkylation sites (tertiary alicyclic amines) is 1. The van der Waals surface area contributed by atoms with Crippen molar-refractivity contribution in [2.45, 2.75) is 63.5 Å². The second-order valence-corrected chi connectivity index (χ2v) is 12.4. The molecule has 3 aliphatic rings. The highest BCUT2D eigenvalue weighted by Crippen LogP contribution is 2.52. The monoisotopic (exact) mass is 470 g/mol. The average Bonchev–Trinajstić information content (AvgIpc) is 3.57. The van der Waals surface area contributed by atoms with Gasteiger partial charge in [-0.3, -0.25) is 4.79 Å². The Labute approximate surface area is 199 Å². The zero-order valence-electron chi connectivity index (χ0n) is 20.1. The fourth-order valence-electron chi connectivity index (χ4n) is 4.91. The number of imidazole rings is 1. The Kier molecular flexibility index (Phi) is 5.42. The Hall–Kier alpha value is -2.22. The lowest BCUT2D eigenvalue weighted by molar-refractivity contribution is -0.125. The van der Waals surface area contributed by atoms with Crippen LogP contribution in [0.2, 0.25) is 0 Å². The molecular formula is C25H34N4O3S. The standard InChI is InChI=1S/C25H34N4O3S/c1-24(2,3)32-23(31)28-12-16-17(13-28)20(16)21(30)27-25(4,5)22-26-11-18-19(7-6-10-29(18)22)33-14-15-8-9-15/h6-7,10-11,15-17,20H,8-9,12-14H2,1-5H3,(H,27,30)/t16-,17+,20?. The molecule has 0 aromatic carbocycles. The van der Waals surface area contributed by atoms with Gasteiger partial charge in [-0.25, -0.2) is 9.78 Å². The summed E-state index contributed by atoms with van der Waals surface area (Å²) in [5.74, 6) is 3.30. The minimum absolute atomic E-state index is 0.0427. The molecule has 3 fully saturated rings. The van der Waals surface area contributed by atoms with Gasteiger partial charge in [0.05, 0.1) is 17.3 Å². The van der Waals surface area contributed by atoms with E-state index in [1.165, 1.54) is 17.7 Å². The van der Waals surface area contributed by atoms with Gasteiger partial charge in [-0.1, -0.05) is 0 Å². The molecule has 2 aliphatic carbocycles. The van der Waals surface area contributed by atoms with E-state index in [1.54, 1.807) is 4.90 Å². The van der Waals surface area contributed by atoms with Crippen molar-refractivity contribution in [3.05, 3.63) is 30.4 Å². The van der Waals surface area contributed by atoms with Crippen molar-refractivity contribution in [1.82, 2.24) is 19.6 Å². The molecule has 2 aromatic heterocycles. The van der Waals surface area contributed by atoms with Crippen molar-refractivity contribution in [3.63, 3.8) is 0 Å². The maximum atomic E-state index is 13.1. The van der Waals surface area contributed by atoms with Crippen molar-refractivity contribution >= 4 is 29.3 Å². The highest BCUT2D eigenvalue weighted by Gasteiger charge is 2.61. The predicted octanol–water partition coefficient (Wildman–Crippen LogP) is 4.30. The molecular weight excluding hydrogens is 436 g/mol. The van der Waals surface area contributed by atoms with Crippen molar-refractivity contribution in [2.24, 2.45) is 23.7 Å². The van der Waals surface area contributed by atoms with Gasteiger partial charge in [0.25, 0.3) is 0 Å². The third kappa shape index (κ3) is 4.59. The molecule has 3 atom stereocenters. The van der Waals surface area contributed by atoms with Crippen LogP contribution in [0.4, 0.5) is 4.79 Å². The van der Waals surface area contributed by atoms with Crippen molar-refractivity contribution < 1.29 is 14.3 Å². The lowest BCUT2D eigenvalue weighted by Crippen LogP contribution is -2.45. The number of hydrogen-bond acceptors (Lipinski definition) is 5. The van der Waals surface area contributed by atoms with Crippen LogP contribution >= 0.6 is 11.8 Å². The van der Waals surface area contributed by atoms with E-state index in [2.05, 4.69) is 21.9 Å². The van der Waals surface area contributed by atoms with Crippen LogP contribution in [-0.2, 0) is 15.1 Å². The Balaban J connectivity index is 1.22. The molecule has 1 aliphatic heterocycles. The maximum Gasteiger partial charge on any atom is 0.410 e. The third-order valence-electron chi connectivity index (χ3n) is 6.85. The lowest BCUT2D eigenvalue weighted by Gasteiger charge is -2.27. The number of fused-ring (bicyclic) bond motifs is 2. The van der Waals surface area contributed by atoms with Crippen LogP contribution in [-0.4, -0.2) is 50.7 Å². The number of ether oxygens (including phenoxy) is 1. The predicted molar refractivity (Wildman–Crippen MR) is 128 cm³/mol.